The molecule has 132 valence electrons. The maximum Gasteiger partial charge on any atom is 0.139 e. The number of hydrogen-bond acceptors (Lipinski definition) is 2. The average Bonchev–Trinajstić information content (AvgIpc) is 2.92. The Morgan fingerprint density at radius 1 is 1.08 bits per heavy atom. The van der Waals surface area contributed by atoms with Crippen molar-refractivity contribution in [1.29, 1.82) is 0 Å². The number of anilines is 1. The fraction of sp³-hybridized carbons (Fsp3) is 0.409. The zero-order valence-electron chi connectivity index (χ0n) is 15.8. The lowest BCUT2D eigenvalue weighted by atomic mass is 9.96. The van der Waals surface area contributed by atoms with Crippen molar-refractivity contribution >= 4 is 11.5 Å². The minimum atomic E-state index is 0.0273. The van der Waals surface area contributed by atoms with E-state index >= 15 is 0 Å². The molecule has 3 aromatic rings. The van der Waals surface area contributed by atoms with E-state index in [0.717, 1.165) is 29.1 Å². The monoisotopic (exact) mass is 335 g/mol. The highest BCUT2D eigenvalue weighted by molar-refractivity contribution is 5.77. The molecule has 0 radical (unpaired) electrons. The van der Waals surface area contributed by atoms with Crippen LogP contribution < -0.4 is 5.32 Å². The second-order valence-electron chi connectivity index (χ2n) is 7.57. The van der Waals surface area contributed by atoms with Gasteiger partial charge >= 0.3 is 0 Å². The Kier molecular flexibility index (Phi) is 5.12. The van der Waals surface area contributed by atoms with E-state index in [2.05, 4.69) is 80.0 Å². The van der Waals surface area contributed by atoms with Crippen LogP contribution in [0, 0.1) is 6.92 Å². The van der Waals surface area contributed by atoms with Crippen LogP contribution in [-0.2, 0) is 0 Å². The number of benzene rings is 1. The van der Waals surface area contributed by atoms with Gasteiger partial charge in [0.25, 0.3) is 0 Å². The first-order valence-corrected chi connectivity index (χ1v) is 9.32. The third kappa shape index (κ3) is 4.04. The summed E-state index contributed by atoms with van der Waals surface area (Å²) in [4.78, 5) is 4.92. The minimum absolute atomic E-state index is 0.0273. The number of nitrogens with zero attached hydrogens (tertiary/aromatic N) is 2. The van der Waals surface area contributed by atoms with E-state index in [0.29, 0.717) is 0 Å². The standard InChI is InChI=1S/C22H29N3/c1-5-6-10-14-22(3,4)24-21-20(18-11-8-7-9-12-18)23-19-16-17(2)13-15-25(19)21/h7-9,11-13,15-16,24H,5-6,10,14H2,1-4H3. The van der Waals surface area contributed by atoms with Gasteiger partial charge in [-0.25, -0.2) is 4.98 Å². The highest BCUT2D eigenvalue weighted by Crippen LogP contribution is 2.32. The highest BCUT2D eigenvalue weighted by atomic mass is 15.2. The van der Waals surface area contributed by atoms with Gasteiger partial charge in [-0.2, -0.15) is 0 Å². The van der Waals surface area contributed by atoms with Crippen LogP contribution in [0.1, 0.15) is 52.0 Å². The Hall–Kier alpha value is -2.29. The van der Waals surface area contributed by atoms with Gasteiger partial charge in [-0.1, -0.05) is 56.5 Å². The molecule has 0 unspecified atom stereocenters. The van der Waals surface area contributed by atoms with Crippen LogP contribution in [-0.4, -0.2) is 14.9 Å². The lowest BCUT2D eigenvalue weighted by Gasteiger charge is -2.28. The van der Waals surface area contributed by atoms with E-state index in [1.807, 2.05) is 6.07 Å². The van der Waals surface area contributed by atoms with Crippen molar-refractivity contribution in [2.24, 2.45) is 0 Å². The zero-order chi connectivity index (χ0) is 17.9. The fourth-order valence-electron chi connectivity index (χ4n) is 3.26. The van der Waals surface area contributed by atoms with E-state index in [1.54, 1.807) is 0 Å². The molecule has 25 heavy (non-hydrogen) atoms. The third-order valence-corrected chi connectivity index (χ3v) is 4.69. The van der Waals surface area contributed by atoms with Crippen molar-refractivity contribution in [2.75, 3.05) is 5.32 Å². The number of rotatable bonds is 7. The van der Waals surface area contributed by atoms with Crippen LogP contribution in [0.5, 0.6) is 0 Å². The first-order chi connectivity index (χ1) is 12.0. The number of hydrogen-bond donors (Lipinski definition) is 1. The van der Waals surface area contributed by atoms with Gasteiger partial charge in [-0.15, -0.1) is 0 Å². The number of aromatic nitrogens is 2. The molecule has 2 heterocycles. The van der Waals surface area contributed by atoms with Crippen molar-refractivity contribution in [3.8, 4) is 11.3 Å². The van der Waals surface area contributed by atoms with Gasteiger partial charge in [0.05, 0.1) is 0 Å². The largest absolute Gasteiger partial charge is 0.364 e. The maximum atomic E-state index is 4.92. The topological polar surface area (TPSA) is 29.3 Å². The van der Waals surface area contributed by atoms with Crippen LogP contribution in [0.15, 0.2) is 48.7 Å². The fourth-order valence-corrected chi connectivity index (χ4v) is 3.26. The van der Waals surface area contributed by atoms with Gasteiger partial charge in [0.15, 0.2) is 0 Å². The van der Waals surface area contributed by atoms with Gasteiger partial charge in [0.2, 0.25) is 0 Å². The van der Waals surface area contributed by atoms with Crippen molar-refractivity contribution in [3.63, 3.8) is 0 Å². The summed E-state index contributed by atoms with van der Waals surface area (Å²) in [6.45, 7) is 8.93. The molecule has 0 spiro atoms. The molecule has 3 heteroatoms. The Bertz CT molecular complexity index is 831. The van der Waals surface area contributed by atoms with E-state index in [9.17, 15) is 0 Å². The molecule has 1 N–H and O–H groups in total. The SMILES string of the molecule is CCCCCC(C)(C)Nc1c(-c2ccccc2)nc2cc(C)ccn12. The summed E-state index contributed by atoms with van der Waals surface area (Å²) in [6, 6.07) is 14.7. The number of nitrogens with one attached hydrogen (secondary N) is 1. The molecule has 2 aromatic heterocycles. The first-order valence-electron chi connectivity index (χ1n) is 9.32. The molecule has 0 bridgehead atoms. The number of pyridine rings is 1. The summed E-state index contributed by atoms with van der Waals surface area (Å²) in [5, 5.41) is 3.79. The normalized spacial score (nSPS) is 11.8. The van der Waals surface area contributed by atoms with Crippen LogP contribution in [0.25, 0.3) is 16.9 Å². The lowest BCUT2D eigenvalue weighted by Crippen LogP contribution is -2.31. The molecule has 0 saturated heterocycles. The summed E-state index contributed by atoms with van der Waals surface area (Å²) in [5.41, 5.74) is 4.42. The predicted octanol–water partition coefficient (Wildman–Crippen LogP) is 6.08. The molecular formula is C22H29N3. The molecule has 3 nitrogen and oxygen atoms in total. The Balaban J connectivity index is 2.02. The Morgan fingerprint density at radius 3 is 2.56 bits per heavy atom. The minimum Gasteiger partial charge on any atom is -0.364 e. The summed E-state index contributed by atoms with van der Waals surface area (Å²) < 4.78 is 2.18. The molecule has 0 amide bonds. The molecule has 0 atom stereocenters. The second-order valence-corrected chi connectivity index (χ2v) is 7.57. The van der Waals surface area contributed by atoms with Crippen molar-refractivity contribution in [2.45, 2.75) is 58.9 Å². The lowest BCUT2D eigenvalue weighted by molar-refractivity contribution is 0.482. The van der Waals surface area contributed by atoms with Crippen LogP contribution in [0.3, 0.4) is 0 Å². The summed E-state index contributed by atoms with van der Waals surface area (Å²) in [7, 11) is 0. The van der Waals surface area contributed by atoms with E-state index in [4.69, 9.17) is 4.98 Å². The maximum absolute atomic E-state index is 4.92. The van der Waals surface area contributed by atoms with Gasteiger partial charge < -0.3 is 5.32 Å². The average molecular weight is 335 g/mol. The van der Waals surface area contributed by atoms with Gasteiger partial charge in [-0.3, -0.25) is 4.40 Å². The number of aryl methyl sites for hydroxylation is 1. The second kappa shape index (κ2) is 7.30. The molecule has 0 aliphatic heterocycles. The van der Waals surface area contributed by atoms with Crippen molar-refractivity contribution < 1.29 is 0 Å². The Labute approximate surface area is 151 Å². The van der Waals surface area contributed by atoms with Crippen LogP contribution >= 0.6 is 0 Å². The summed E-state index contributed by atoms with van der Waals surface area (Å²) in [5.74, 6) is 1.09. The third-order valence-electron chi connectivity index (χ3n) is 4.69. The quantitative estimate of drug-likeness (QED) is 0.530. The smallest absolute Gasteiger partial charge is 0.139 e. The number of imidazole rings is 1. The van der Waals surface area contributed by atoms with Crippen LogP contribution in [0.2, 0.25) is 0 Å². The molecule has 0 fully saturated rings. The molecule has 0 saturated carbocycles. The summed E-state index contributed by atoms with van der Waals surface area (Å²) >= 11 is 0. The Morgan fingerprint density at radius 2 is 1.84 bits per heavy atom. The van der Waals surface area contributed by atoms with Crippen molar-refractivity contribution in [1.82, 2.24) is 9.38 Å². The molecule has 0 aliphatic rings. The van der Waals surface area contributed by atoms with Gasteiger partial charge in [0, 0.05) is 17.3 Å². The molecule has 0 aliphatic carbocycles. The van der Waals surface area contributed by atoms with Gasteiger partial charge in [-0.05, 0) is 44.9 Å². The molecular weight excluding hydrogens is 306 g/mol. The van der Waals surface area contributed by atoms with Gasteiger partial charge in [0.1, 0.15) is 17.2 Å². The summed E-state index contributed by atoms with van der Waals surface area (Å²) in [6.07, 6.45) is 7.04. The van der Waals surface area contributed by atoms with Crippen molar-refractivity contribution in [3.05, 3.63) is 54.2 Å². The van der Waals surface area contributed by atoms with E-state index < -0.39 is 0 Å². The predicted molar refractivity (Wildman–Crippen MR) is 107 cm³/mol. The first kappa shape index (κ1) is 17.5. The number of fused-ring (bicyclic) bond motifs is 1. The van der Waals surface area contributed by atoms with E-state index in [-0.39, 0.29) is 5.54 Å². The zero-order valence-corrected chi connectivity index (χ0v) is 15.8. The highest BCUT2D eigenvalue weighted by Gasteiger charge is 2.22. The van der Waals surface area contributed by atoms with E-state index in [1.165, 1.54) is 24.8 Å². The molecule has 3 rings (SSSR count). The molecule has 1 aromatic carbocycles. The van der Waals surface area contributed by atoms with Crippen LogP contribution in [0.4, 0.5) is 5.82 Å². The number of unbranched alkanes of at least 4 members (excludes halogenated alkanes) is 2.